The Morgan fingerprint density at radius 1 is 1.29 bits per heavy atom. The number of hydrogen-bond donors (Lipinski definition) is 1. The first-order chi connectivity index (χ1) is 8.08. The summed E-state index contributed by atoms with van der Waals surface area (Å²) >= 11 is 0. The van der Waals surface area contributed by atoms with Gasteiger partial charge in [-0.1, -0.05) is 33.6 Å². The van der Waals surface area contributed by atoms with Crippen molar-refractivity contribution in [3.8, 4) is 0 Å². The van der Waals surface area contributed by atoms with Crippen molar-refractivity contribution in [3.63, 3.8) is 0 Å². The highest BCUT2D eigenvalue weighted by Crippen LogP contribution is 2.29. The predicted octanol–water partition coefficient (Wildman–Crippen LogP) is 2.23. The normalized spacial score (nSPS) is 34.7. The van der Waals surface area contributed by atoms with Gasteiger partial charge in [0.15, 0.2) is 0 Å². The molecule has 1 aliphatic heterocycles. The van der Waals surface area contributed by atoms with Gasteiger partial charge in [0, 0.05) is 6.54 Å². The molecule has 3 nitrogen and oxygen atoms in total. The van der Waals surface area contributed by atoms with Crippen molar-refractivity contribution in [2.45, 2.75) is 52.5 Å². The summed E-state index contributed by atoms with van der Waals surface area (Å²) in [5, 5.41) is 3.33. The quantitative estimate of drug-likeness (QED) is 0.817. The fraction of sp³-hybridized carbons (Fsp3) is 0.929. The largest absolute Gasteiger partial charge is 0.328 e. The first-order valence-corrected chi connectivity index (χ1v) is 7.10. The Morgan fingerprint density at radius 2 is 1.94 bits per heavy atom. The van der Waals surface area contributed by atoms with Crippen molar-refractivity contribution in [1.82, 2.24) is 10.2 Å². The number of rotatable bonds is 3. The third-order valence-corrected chi connectivity index (χ3v) is 4.36. The molecule has 1 amide bonds. The zero-order valence-corrected chi connectivity index (χ0v) is 11.4. The van der Waals surface area contributed by atoms with E-state index in [4.69, 9.17) is 0 Å². The number of carbonyl (C=O) groups is 1. The molecule has 2 aliphatic rings. The van der Waals surface area contributed by atoms with Crippen LogP contribution >= 0.6 is 0 Å². The number of nitrogens with zero attached hydrogens (tertiary/aromatic N) is 1. The molecule has 1 aliphatic carbocycles. The fourth-order valence-electron chi connectivity index (χ4n) is 3.07. The minimum Gasteiger partial charge on any atom is -0.328 e. The van der Waals surface area contributed by atoms with Crippen LogP contribution in [0.2, 0.25) is 0 Å². The average molecular weight is 238 g/mol. The third-order valence-electron chi connectivity index (χ3n) is 4.36. The van der Waals surface area contributed by atoms with Gasteiger partial charge in [0.25, 0.3) is 0 Å². The maximum atomic E-state index is 12.1. The van der Waals surface area contributed by atoms with E-state index in [1.807, 2.05) is 4.90 Å². The summed E-state index contributed by atoms with van der Waals surface area (Å²) in [4.78, 5) is 14.2. The van der Waals surface area contributed by atoms with E-state index in [2.05, 4.69) is 26.1 Å². The molecule has 0 bridgehead atoms. The molecule has 1 unspecified atom stereocenters. The number of nitrogens with one attached hydrogen (secondary N) is 1. The van der Waals surface area contributed by atoms with E-state index in [-0.39, 0.29) is 6.04 Å². The lowest BCUT2D eigenvalue weighted by atomic mass is 9.83. The molecular weight excluding hydrogens is 212 g/mol. The van der Waals surface area contributed by atoms with Crippen LogP contribution in [0.3, 0.4) is 0 Å². The highest BCUT2D eigenvalue weighted by Gasteiger charge is 2.34. The maximum absolute atomic E-state index is 12.1. The second kappa shape index (κ2) is 5.38. The van der Waals surface area contributed by atoms with Crippen LogP contribution in [0.15, 0.2) is 0 Å². The van der Waals surface area contributed by atoms with E-state index in [1.54, 1.807) is 0 Å². The van der Waals surface area contributed by atoms with Gasteiger partial charge in [0.05, 0.1) is 12.7 Å². The highest BCUT2D eigenvalue weighted by molar-refractivity contribution is 5.84. The van der Waals surface area contributed by atoms with E-state index in [0.717, 1.165) is 25.0 Å². The Balaban J connectivity index is 1.82. The molecule has 0 aromatic carbocycles. The Labute approximate surface area is 105 Å². The van der Waals surface area contributed by atoms with Gasteiger partial charge in [-0.15, -0.1) is 0 Å². The summed E-state index contributed by atoms with van der Waals surface area (Å²) in [6, 6.07) is 0.0533. The molecule has 0 aromatic heterocycles. The molecule has 1 saturated carbocycles. The fourth-order valence-corrected chi connectivity index (χ4v) is 3.07. The van der Waals surface area contributed by atoms with Gasteiger partial charge >= 0.3 is 0 Å². The second-order valence-corrected chi connectivity index (χ2v) is 6.27. The van der Waals surface area contributed by atoms with Gasteiger partial charge in [-0.25, -0.2) is 0 Å². The molecule has 1 heterocycles. The van der Waals surface area contributed by atoms with Crippen molar-refractivity contribution >= 4 is 5.91 Å². The predicted molar refractivity (Wildman–Crippen MR) is 69.5 cm³/mol. The van der Waals surface area contributed by atoms with Crippen molar-refractivity contribution in [2.24, 2.45) is 17.8 Å². The zero-order valence-electron chi connectivity index (χ0n) is 11.4. The third kappa shape index (κ3) is 3.01. The molecule has 17 heavy (non-hydrogen) atoms. The van der Waals surface area contributed by atoms with E-state index < -0.39 is 0 Å². The molecule has 1 N–H and O–H groups in total. The lowest BCUT2D eigenvalue weighted by Crippen LogP contribution is -2.37. The smallest absolute Gasteiger partial charge is 0.241 e. The van der Waals surface area contributed by atoms with Gasteiger partial charge in [0.1, 0.15) is 0 Å². The molecule has 2 rings (SSSR count). The SMILES string of the molecule is CC1CCC(CN2CNC(C(C)C)C2=O)CC1. The van der Waals surface area contributed by atoms with E-state index in [9.17, 15) is 4.79 Å². The van der Waals surface area contributed by atoms with Gasteiger partial charge < -0.3 is 4.90 Å². The summed E-state index contributed by atoms with van der Waals surface area (Å²) in [6.07, 6.45) is 5.29. The maximum Gasteiger partial charge on any atom is 0.241 e. The first-order valence-electron chi connectivity index (χ1n) is 7.10. The van der Waals surface area contributed by atoms with E-state index >= 15 is 0 Å². The van der Waals surface area contributed by atoms with Crippen LogP contribution in [0.5, 0.6) is 0 Å². The van der Waals surface area contributed by atoms with Gasteiger partial charge in [0.2, 0.25) is 5.91 Å². The van der Waals surface area contributed by atoms with Crippen molar-refractivity contribution in [2.75, 3.05) is 13.2 Å². The van der Waals surface area contributed by atoms with E-state index in [0.29, 0.717) is 11.8 Å². The van der Waals surface area contributed by atoms with Crippen LogP contribution < -0.4 is 5.32 Å². The molecule has 1 saturated heterocycles. The van der Waals surface area contributed by atoms with Crippen LogP contribution in [0.4, 0.5) is 0 Å². The van der Waals surface area contributed by atoms with E-state index in [1.165, 1.54) is 25.7 Å². The summed E-state index contributed by atoms with van der Waals surface area (Å²) in [5.41, 5.74) is 0. The molecule has 0 spiro atoms. The van der Waals surface area contributed by atoms with Crippen molar-refractivity contribution < 1.29 is 4.79 Å². The van der Waals surface area contributed by atoms with Crippen molar-refractivity contribution in [1.29, 1.82) is 0 Å². The van der Waals surface area contributed by atoms with Crippen molar-refractivity contribution in [3.05, 3.63) is 0 Å². The van der Waals surface area contributed by atoms with Crippen LogP contribution in [0.25, 0.3) is 0 Å². The highest BCUT2D eigenvalue weighted by atomic mass is 16.2. The molecular formula is C14H26N2O. The second-order valence-electron chi connectivity index (χ2n) is 6.27. The number of amides is 1. The molecule has 98 valence electrons. The van der Waals surface area contributed by atoms with Crippen LogP contribution in [-0.2, 0) is 4.79 Å². The standard InChI is InChI=1S/C14H26N2O/c1-10(2)13-14(17)16(9-15-13)8-12-6-4-11(3)5-7-12/h10-13,15H,4-9H2,1-3H3. The Morgan fingerprint density at radius 3 is 2.47 bits per heavy atom. The minimum atomic E-state index is 0.0533. The Hall–Kier alpha value is -0.570. The van der Waals surface area contributed by atoms with Crippen LogP contribution in [0.1, 0.15) is 46.5 Å². The molecule has 0 radical (unpaired) electrons. The lowest BCUT2D eigenvalue weighted by molar-refractivity contribution is -0.130. The summed E-state index contributed by atoms with van der Waals surface area (Å²) in [6.45, 7) is 8.30. The monoisotopic (exact) mass is 238 g/mol. The van der Waals surface area contributed by atoms with Gasteiger partial charge in [-0.2, -0.15) is 0 Å². The summed E-state index contributed by atoms with van der Waals surface area (Å²) in [7, 11) is 0. The zero-order chi connectivity index (χ0) is 12.4. The summed E-state index contributed by atoms with van der Waals surface area (Å²) < 4.78 is 0. The number of hydrogen-bond acceptors (Lipinski definition) is 2. The lowest BCUT2D eigenvalue weighted by Gasteiger charge is -2.29. The molecule has 1 atom stereocenters. The van der Waals surface area contributed by atoms with Gasteiger partial charge in [-0.3, -0.25) is 10.1 Å². The molecule has 3 heteroatoms. The summed E-state index contributed by atoms with van der Waals surface area (Å²) in [5.74, 6) is 2.35. The minimum absolute atomic E-state index is 0.0533. The Kier molecular flexibility index (Phi) is 4.08. The Bertz CT molecular complexity index is 269. The average Bonchev–Trinajstić information content (AvgIpc) is 2.64. The first kappa shape index (κ1) is 12.9. The van der Waals surface area contributed by atoms with Crippen LogP contribution in [-0.4, -0.2) is 30.1 Å². The number of carbonyl (C=O) groups excluding carboxylic acids is 1. The van der Waals surface area contributed by atoms with Crippen LogP contribution in [0, 0.1) is 17.8 Å². The molecule has 0 aromatic rings. The topological polar surface area (TPSA) is 32.3 Å². The van der Waals surface area contributed by atoms with Gasteiger partial charge in [-0.05, 0) is 30.6 Å². The molecule has 2 fully saturated rings.